The Morgan fingerprint density at radius 3 is 2.29 bits per heavy atom. The van der Waals surface area contributed by atoms with E-state index in [9.17, 15) is 0 Å². The van der Waals surface area contributed by atoms with Gasteiger partial charge in [0.05, 0.1) is 0 Å². The van der Waals surface area contributed by atoms with Crippen molar-refractivity contribution in [3.63, 3.8) is 0 Å². The normalized spacial score (nSPS) is 11.2. The van der Waals surface area contributed by atoms with Crippen molar-refractivity contribution in [2.45, 2.75) is 66.3 Å². The molecule has 1 heterocycles. The summed E-state index contributed by atoms with van der Waals surface area (Å²) in [5.41, 5.74) is 0. The monoisotopic (exact) mass is 292 g/mol. The molecular formula is C17H32N4. The van der Waals surface area contributed by atoms with Crippen LogP contribution in [0.2, 0.25) is 0 Å². The molecule has 0 fully saturated rings. The van der Waals surface area contributed by atoms with Crippen LogP contribution in [0, 0.1) is 5.92 Å². The Kier molecular flexibility index (Phi) is 7.48. The molecule has 0 aromatic carbocycles. The van der Waals surface area contributed by atoms with E-state index >= 15 is 0 Å². The second kappa shape index (κ2) is 8.85. The molecule has 0 saturated heterocycles. The lowest BCUT2D eigenvalue weighted by molar-refractivity contribution is 0.502. The summed E-state index contributed by atoms with van der Waals surface area (Å²) in [5, 5.41) is 3.17. The lowest BCUT2D eigenvalue weighted by Crippen LogP contribution is -2.38. The second-order valence-electron chi connectivity index (χ2n) is 6.04. The first kappa shape index (κ1) is 17.7. The van der Waals surface area contributed by atoms with Crippen LogP contribution >= 0.6 is 0 Å². The number of hydrogen-bond acceptors (Lipinski definition) is 4. The van der Waals surface area contributed by atoms with Crippen LogP contribution in [0.4, 0.5) is 11.6 Å². The van der Waals surface area contributed by atoms with E-state index in [-0.39, 0.29) is 0 Å². The maximum absolute atomic E-state index is 4.82. The molecule has 4 heteroatoms. The Hall–Kier alpha value is -1.32. The van der Waals surface area contributed by atoms with Gasteiger partial charge in [0.2, 0.25) is 0 Å². The highest BCUT2D eigenvalue weighted by molar-refractivity contribution is 5.50. The average Bonchev–Trinajstić information content (AvgIpc) is 2.47. The Labute approximate surface area is 130 Å². The minimum Gasteiger partial charge on any atom is -0.373 e. The molecule has 1 aromatic heterocycles. The molecule has 0 saturated carbocycles. The van der Waals surface area contributed by atoms with E-state index in [1.165, 1.54) is 0 Å². The minimum absolute atomic E-state index is 0.543. The van der Waals surface area contributed by atoms with Gasteiger partial charge in [-0.15, -0.1) is 0 Å². The minimum atomic E-state index is 0.543. The van der Waals surface area contributed by atoms with Crippen LogP contribution in [0.3, 0.4) is 0 Å². The summed E-state index contributed by atoms with van der Waals surface area (Å²) in [6.45, 7) is 12.3. The molecule has 0 aliphatic rings. The molecule has 21 heavy (non-hydrogen) atoms. The Balaban J connectivity index is 3.17. The number of aryl methyl sites for hydroxylation is 1. The molecule has 1 aromatic rings. The van der Waals surface area contributed by atoms with Crippen molar-refractivity contribution in [1.29, 1.82) is 0 Å². The fraction of sp³-hybridized carbons (Fsp3) is 0.765. The van der Waals surface area contributed by atoms with Crippen LogP contribution in [0.1, 0.15) is 59.7 Å². The quantitative estimate of drug-likeness (QED) is 0.743. The van der Waals surface area contributed by atoms with E-state index in [0.29, 0.717) is 12.0 Å². The highest BCUT2D eigenvalue weighted by atomic mass is 15.2. The second-order valence-corrected chi connectivity index (χ2v) is 6.04. The Bertz CT molecular complexity index is 413. The van der Waals surface area contributed by atoms with Crippen molar-refractivity contribution in [3.8, 4) is 0 Å². The van der Waals surface area contributed by atoms with Gasteiger partial charge >= 0.3 is 0 Å². The van der Waals surface area contributed by atoms with E-state index in [2.05, 4.69) is 55.9 Å². The average molecular weight is 292 g/mol. The topological polar surface area (TPSA) is 41.1 Å². The van der Waals surface area contributed by atoms with Gasteiger partial charge in [0.15, 0.2) is 0 Å². The lowest BCUT2D eigenvalue weighted by atomic mass is 10.1. The largest absolute Gasteiger partial charge is 0.373 e. The highest BCUT2D eigenvalue weighted by Crippen LogP contribution is 2.23. The van der Waals surface area contributed by atoms with Gasteiger partial charge in [0, 0.05) is 32.1 Å². The SMILES string of the molecule is CCCc1nc(NC)cc(N(CC(C)C)C(CC)CC)n1. The van der Waals surface area contributed by atoms with E-state index in [0.717, 1.165) is 49.7 Å². The van der Waals surface area contributed by atoms with Gasteiger partial charge in [-0.3, -0.25) is 0 Å². The number of rotatable bonds is 9. The van der Waals surface area contributed by atoms with E-state index in [4.69, 9.17) is 4.98 Å². The fourth-order valence-electron chi connectivity index (χ4n) is 2.65. The standard InChI is InChI=1S/C17H32N4/c1-7-10-15-19-16(18-6)11-17(20-15)21(12-13(4)5)14(8-2)9-3/h11,13-14H,7-10,12H2,1-6H3,(H,18,19,20). The van der Waals surface area contributed by atoms with Crippen LogP contribution < -0.4 is 10.2 Å². The maximum Gasteiger partial charge on any atom is 0.134 e. The van der Waals surface area contributed by atoms with Crippen LogP contribution in [-0.4, -0.2) is 29.6 Å². The molecule has 0 radical (unpaired) electrons. The van der Waals surface area contributed by atoms with Crippen LogP contribution in [0.15, 0.2) is 6.07 Å². The summed E-state index contributed by atoms with van der Waals surface area (Å²) < 4.78 is 0. The van der Waals surface area contributed by atoms with E-state index < -0.39 is 0 Å². The number of anilines is 2. The summed E-state index contributed by atoms with van der Waals surface area (Å²) in [4.78, 5) is 11.8. The first-order valence-electron chi connectivity index (χ1n) is 8.37. The van der Waals surface area contributed by atoms with E-state index in [1.807, 2.05) is 7.05 Å². The van der Waals surface area contributed by atoms with Gasteiger partial charge in [0.25, 0.3) is 0 Å². The molecule has 1 rings (SSSR count). The van der Waals surface area contributed by atoms with Gasteiger partial charge in [-0.1, -0.05) is 34.6 Å². The van der Waals surface area contributed by atoms with Gasteiger partial charge in [-0.05, 0) is 25.2 Å². The molecule has 0 amide bonds. The van der Waals surface area contributed by atoms with Crippen molar-refractivity contribution >= 4 is 11.6 Å². The van der Waals surface area contributed by atoms with Gasteiger partial charge in [-0.25, -0.2) is 9.97 Å². The zero-order valence-electron chi connectivity index (χ0n) is 14.6. The first-order valence-corrected chi connectivity index (χ1v) is 8.37. The third-order valence-electron chi connectivity index (χ3n) is 3.73. The lowest BCUT2D eigenvalue weighted by Gasteiger charge is -2.33. The van der Waals surface area contributed by atoms with Crippen LogP contribution in [-0.2, 0) is 6.42 Å². The van der Waals surface area contributed by atoms with Gasteiger partial charge in [0.1, 0.15) is 17.5 Å². The van der Waals surface area contributed by atoms with Crippen molar-refractivity contribution in [3.05, 3.63) is 11.9 Å². The predicted octanol–water partition coefficient (Wildman–Crippen LogP) is 4.12. The molecule has 0 aliphatic heterocycles. The molecule has 1 N–H and O–H groups in total. The molecule has 120 valence electrons. The van der Waals surface area contributed by atoms with Crippen LogP contribution in [0.5, 0.6) is 0 Å². The molecule has 0 bridgehead atoms. The molecule has 0 unspecified atom stereocenters. The van der Waals surface area contributed by atoms with Crippen molar-refractivity contribution in [2.75, 3.05) is 23.8 Å². The third kappa shape index (κ3) is 5.18. The highest BCUT2D eigenvalue weighted by Gasteiger charge is 2.19. The summed E-state index contributed by atoms with van der Waals surface area (Å²) >= 11 is 0. The van der Waals surface area contributed by atoms with Crippen molar-refractivity contribution in [2.24, 2.45) is 5.92 Å². The van der Waals surface area contributed by atoms with Gasteiger partial charge in [-0.2, -0.15) is 0 Å². The number of nitrogens with zero attached hydrogens (tertiary/aromatic N) is 3. The molecule has 0 spiro atoms. The summed E-state index contributed by atoms with van der Waals surface area (Å²) in [7, 11) is 1.92. The Morgan fingerprint density at radius 1 is 1.14 bits per heavy atom. The third-order valence-corrected chi connectivity index (χ3v) is 3.73. The summed E-state index contributed by atoms with van der Waals surface area (Å²) in [5.74, 6) is 3.55. The molecule has 0 aliphatic carbocycles. The summed E-state index contributed by atoms with van der Waals surface area (Å²) in [6, 6.07) is 2.63. The van der Waals surface area contributed by atoms with E-state index in [1.54, 1.807) is 0 Å². The Morgan fingerprint density at radius 2 is 1.81 bits per heavy atom. The smallest absolute Gasteiger partial charge is 0.134 e. The predicted molar refractivity (Wildman–Crippen MR) is 92.1 cm³/mol. The fourth-order valence-corrected chi connectivity index (χ4v) is 2.65. The zero-order valence-corrected chi connectivity index (χ0v) is 14.6. The molecular weight excluding hydrogens is 260 g/mol. The van der Waals surface area contributed by atoms with Crippen LogP contribution in [0.25, 0.3) is 0 Å². The number of nitrogens with one attached hydrogen (secondary N) is 1. The van der Waals surface area contributed by atoms with Crippen molar-refractivity contribution < 1.29 is 0 Å². The molecule has 4 nitrogen and oxygen atoms in total. The van der Waals surface area contributed by atoms with Crippen molar-refractivity contribution in [1.82, 2.24) is 9.97 Å². The summed E-state index contributed by atoms with van der Waals surface area (Å²) in [6.07, 6.45) is 4.29. The number of hydrogen-bond donors (Lipinski definition) is 1. The maximum atomic E-state index is 4.82. The van der Waals surface area contributed by atoms with Gasteiger partial charge < -0.3 is 10.2 Å². The zero-order chi connectivity index (χ0) is 15.8. The molecule has 0 atom stereocenters. The first-order chi connectivity index (χ1) is 10.0. The number of aromatic nitrogens is 2.